The molecule has 1 aromatic rings. The van der Waals surface area contributed by atoms with Crippen molar-refractivity contribution in [3.05, 3.63) is 30.1 Å². The van der Waals surface area contributed by atoms with Gasteiger partial charge in [-0.15, -0.1) is 0 Å². The van der Waals surface area contributed by atoms with Gasteiger partial charge in [0.2, 0.25) is 10.0 Å². The Morgan fingerprint density at radius 1 is 1.41 bits per heavy atom. The summed E-state index contributed by atoms with van der Waals surface area (Å²) in [5.74, 6) is -0.810. The molecule has 0 aliphatic rings. The Morgan fingerprint density at radius 2 is 2.00 bits per heavy atom. The molecule has 17 heavy (non-hydrogen) atoms. The molecule has 0 saturated carbocycles. The van der Waals surface area contributed by atoms with Crippen LogP contribution in [-0.2, 0) is 10.0 Å². The van der Waals surface area contributed by atoms with Crippen molar-refractivity contribution in [2.24, 2.45) is 5.41 Å². The lowest BCUT2D eigenvalue weighted by atomic mass is 9.97. The molecule has 0 aromatic heterocycles. The highest BCUT2D eigenvalue weighted by Gasteiger charge is 2.23. The van der Waals surface area contributed by atoms with Gasteiger partial charge in [-0.3, -0.25) is 0 Å². The van der Waals surface area contributed by atoms with E-state index >= 15 is 0 Å². The molecule has 0 spiro atoms. The Labute approximate surface area is 100 Å². The number of nitrogens with zero attached hydrogens (tertiary/aromatic N) is 1. The molecule has 0 aliphatic heterocycles. The monoisotopic (exact) mass is 256 g/mol. The molecular formula is C11H13FN2O2S. The zero-order valence-corrected chi connectivity index (χ0v) is 10.4. The minimum atomic E-state index is -3.91. The van der Waals surface area contributed by atoms with Crippen molar-refractivity contribution in [2.75, 3.05) is 6.54 Å². The van der Waals surface area contributed by atoms with Crippen LogP contribution in [0.4, 0.5) is 4.39 Å². The van der Waals surface area contributed by atoms with Crippen LogP contribution in [-0.4, -0.2) is 15.0 Å². The zero-order valence-electron chi connectivity index (χ0n) is 9.57. The Morgan fingerprint density at radius 3 is 2.53 bits per heavy atom. The fraction of sp³-hybridized carbons (Fsp3) is 0.364. The van der Waals surface area contributed by atoms with Crippen molar-refractivity contribution in [3.63, 3.8) is 0 Å². The maximum absolute atomic E-state index is 13.3. The van der Waals surface area contributed by atoms with Gasteiger partial charge < -0.3 is 0 Å². The molecule has 4 nitrogen and oxygen atoms in total. The molecule has 1 aromatic carbocycles. The smallest absolute Gasteiger partial charge is 0.209 e. The van der Waals surface area contributed by atoms with Crippen molar-refractivity contribution < 1.29 is 12.8 Å². The van der Waals surface area contributed by atoms with E-state index in [9.17, 15) is 12.8 Å². The van der Waals surface area contributed by atoms with Gasteiger partial charge in [0.05, 0.1) is 11.5 Å². The quantitative estimate of drug-likeness (QED) is 0.890. The first-order valence-corrected chi connectivity index (χ1v) is 6.42. The predicted octanol–water partition coefficient (Wildman–Crippen LogP) is 1.65. The standard InChI is InChI=1S/C11H13FN2O2S/c1-11(2,7-13)8-14-17(15,16)10-6-4-3-5-9(10)12/h3-6,14H,8H2,1-2H3. The van der Waals surface area contributed by atoms with E-state index in [4.69, 9.17) is 5.26 Å². The molecule has 0 amide bonds. The van der Waals surface area contributed by atoms with E-state index in [2.05, 4.69) is 4.72 Å². The maximum atomic E-state index is 13.3. The van der Waals surface area contributed by atoms with E-state index in [1.807, 2.05) is 6.07 Å². The van der Waals surface area contributed by atoms with Gasteiger partial charge in [0.25, 0.3) is 0 Å². The first-order chi connectivity index (χ1) is 7.78. The number of benzene rings is 1. The molecule has 1 rings (SSSR count). The third-order valence-corrected chi connectivity index (χ3v) is 3.57. The minimum Gasteiger partial charge on any atom is -0.209 e. The molecule has 0 bridgehead atoms. The maximum Gasteiger partial charge on any atom is 0.243 e. The minimum absolute atomic E-state index is 0.0693. The summed E-state index contributed by atoms with van der Waals surface area (Å²) in [6.07, 6.45) is 0. The molecule has 1 N–H and O–H groups in total. The van der Waals surface area contributed by atoms with Gasteiger partial charge in [-0.25, -0.2) is 17.5 Å². The van der Waals surface area contributed by atoms with Crippen molar-refractivity contribution in [3.8, 4) is 6.07 Å². The number of hydrogen-bond donors (Lipinski definition) is 1. The third-order valence-electron chi connectivity index (χ3n) is 2.13. The molecule has 0 radical (unpaired) electrons. The van der Waals surface area contributed by atoms with Crippen LogP contribution in [0.5, 0.6) is 0 Å². The average molecular weight is 256 g/mol. The second-order valence-corrected chi connectivity index (χ2v) is 5.99. The zero-order chi connectivity index (χ0) is 13.1. The third kappa shape index (κ3) is 3.51. The lowest BCUT2D eigenvalue weighted by Gasteiger charge is -2.16. The molecule has 6 heteroatoms. The summed E-state index contributed by atoms with van der Waals surface area (Å²) in [5, 5.41) is 8.76. The van der Waals surface area contributed by atoms with Crippen LogP contribution in [0, 0.1) is 22.6 Å². The van der Waals surface area contributed by atoms with Crippen LogP contribution in [0.1, 0.15) is 13.8 Å². The van der Waals surface area contributed by atoms with Gasteiger partial charge in [0, 0.05) is 6.54 Å². The number of rotatable bonds is 4. The molecule has 92 valence electrons. The Bertz CT molecular complexity index is 547. The van der Waals surface area contributed by atoms with Gasteiger partial charge in [0.1, 0.15) is 10.7 Å². The first-order valence-electron chi connectivity index (χ1n) is 4.94. The van der Waals surface area contributed by atoms with Gasteiger partial charge in [-0.05, 0) is 26.0 Å². The van der Waals surface area contributed by atoms with E-state index in [1.54, 1.807) is 13.8 Å². The van der Waals surface area contributed by atoms with Crippen molar-refractivity contribution >= 4 is 10.0 Å². The highest BCUT2D eigenvalue weighted by atomic mass is 32.2. The summed E-state index contributed by atoms with van der Waals surface area (Å²) in [4.78, 5) is -0.409. The largest absolute Gasteiger partial charge is 0.243 e. The van der Waals surface area contributed by atoms with Gasteiger partial charge >= 0.3 is 0 Å². The number of nitriles is 1. The van der Waals surface area contributed by atoms with Crippen molar-refractivity contribution in [1.82, 2.24) is 4.72 Å². The molecule has 0 atom stereocenters. The van der Waals surface area contributed by atoms with E-state index < -0.39 is 26.2 Å². The first kappa shape index (κ1) is 13.6. The Balaban J connectivity index is 2.92. The number of halogens is 1. The molecule has 0 fully saturated rings. The molecule has 0 saturated heterocycles. The fourth-order valence-corrected chi connectivity index (χ4v) is 2.34. The average Bonchev–Trinajstić information content (AvgIpc) is 2.27. The van der Waals surface area contributed by atoms with E-state index in [1.165, 1.54) is 18.2 Å². The molecular weight excluding hydrogens is 243 g/mol. The lowest BCUT2D eigenvalue weighted by Crippen LogP contribution is -2.33. The highest BCUT2D eigenvalue weighted by molar-refractivity contribution is 7.89. The second kappa shape index (κ2) is 4.82. The van der Waals surface area contributed by atoms with Crippen LogP contribution < -0.4 is 4.72 Å². The summed E-state index contributed by atoms with van der Waals surface area (Å²) in [7, 11) is -3.91. The van der Waals surface area contributed by atoms with E-state index in [-0.39, 0.29) is 6.54 Å². The van der Waals surface area contributed by atoms with E-state index in [0.29, 0.717) is 0 Å². The van der Waals surface area contributed by atoms with Gasteiger partial charge in [-0.1, -0.05) is 12.1 Å². The number of hydrogen-bond acceptors (Lipinski definition) is 3. The predicted molar refractivity (Wildman–Crippen MR) is 61.0 cm³/mol. The van der Waals surface area contributed by atoms with Crippen LogP contribution in [0.25, 0.3) is 0 Å². The summed E-state index contributed by atoms with van der Waals surface area (Å²) in [5.41, 5.74) is -0.835. The second-order valence-electron chi connectivity index (χ2n) is 4.25. The fourth-order valence-electron chi connectivity index (χ4n) is 1.06. The van der Waals surface area contributed by atoms with E-state index in [0.717, 1.165) is 6.07 Å². The summed E-state index contributed by atoms with van der Waals surface area (Å²) in [6.45, 7) is 3.12. The van der Waals surface area contributed by atoms with Crippen LogP contribution in [0.3, 0.4) is 0 Å². The van der Waals surface area contributed by atoms with Crippen molar-refractivity contribution in [2.45, 2.75) is 18.7 Å². The highest BCUT2D eigenvalue weighted by Crippen LogP contribution is 2.16. The number of nitrogens with one attached hydrogen (secondary N) is 1. The molecule has 0 unspecified atom stereocenters. The Kier molecular flexibility index (Phi) is 3.86. The topological polar surface area (TPSA) is 70.0 Å². The van der Waals surface area contributed by atoms with Gasteiger partial charge in [-0.2, -0.15) is 5.26 Å². The summed E-state index contributed by atoms with van der Waals surface area (Å²) < 4.78 is 39.0. The normalized spacial score (nSPS) is 12.1. The van der Waals surface area contributed by atoms with Crippen molar-refractivity contribution in [1.29, 1.82) is 5.26 Å². The SMILES string of the molecule is CC(C)(C#N)CNS(=O)(=O)c1ccccc1F. The van der Waals surface area contributed by atoms with Crippen LogP contribution in [0.2, 0.25) is 0 Å². The van der Waals surface area contributed by atoms with Crippen LogP contribution in [0.15, 0.2) is 29.2 Å². The van der Waals surface area contributed by atoms with Gasteiger partial charge in [0.15, 0.2) is 0 Å². The summed E-state index contributed by atoms with van der Waals surface area (Å²) in [6, 6.07) is 7.06. The molecule has 0 heterocycles. The summed E-state index contributed by atoms with van der Waals surface area (Å²) >= 11 is 0. The lowest BCUT2D eigenvalue weighted by molar-refractivity contribution is 0.476. The van der Waals surface area contributed by atoms with Crippen LogP contribution >= 0.6 is 0 Å². The molecule has 0 aliphatic carbocycles. The Hall–Kier alpha value is -1.45. The number of sulfonamides is 1.